The molecule has 0 aromatic carbocycles. The molecule has 2 nitrogen and oxygen atoms in total. The number of aldehydes is 1. The Kier molecular flexibility index (Phi) is 6.50. The van der Waals surface area contributed by atoms with Gasteiger partial charge in [0.25, 0.3) is 0 Å². The predicted molar refractivity (Wildman–Crippen MR) is 45.2 cm³/mol. The van der Waals surface area contributed by atoms with E-state index in [0.717, 1.165) is 19.3 Å². The number of hydrogen-bond donors (Lipinski definition) is 1. The smallest absolute Gasteiger partial charge is 0.136 e. The summed E-state index contributed by atoms with van der Waals surface area (Å²) < 4.78 is 0. The third-order valence-corrected chi connectivity index (χ3v) is 1.51. The average molecular weight is 145 g/mol. The lowest BCUT2D eigenvalue weighted by Gasteiger charge is -2.17. The van der Waals surface area contributed by atoms with Crippen molar-refractivity contribution in [1.29, 1.82) is 0 Å². The van der Waals surface area contributed by atoms with Crippen molar-refractivity contribution in [2.24, 2.45) is 0 Å². The van der Waals surface area contributed by atoms with Crippen molar-refractivity contribution >= 4 is 6.29 Å². The minimum Gasteiger partial charge on any atom is -0.308 e. The topological polar surface area (TPSA) is 29.1 Å². The van der Waals surface area contributed by atoms with E-state index in [9.17, 15) is 4.79 Å². The Labute approximate surface area is 64.5 Å². The minimum absolute atomic E-state index is 0. The molecule has 0 amide bonds. The van der Waals surface area contributed by atoms with Crippen LogP contribution >= 0.6 is 0 Å². The predicted octanol–water partition coefficient (Wildman–Crippen LogP) is 1.60. The maximum absolute atomic E-state index is 10.1. The number of rotatable bonds is 1. The van der Waals surface area contributed by atoms with Gasteiger partial charge in [-0.05, 0) is 19.4 Å². The van der Waals surface area contributed by atoms with Gasteiger partial charge in [0.15, 0.2) is 0 Å². The van der Waals surface area contributed by atoms with Crippen LogP contribution in [0, 0.1) is 0 Å². The van der Waals surface area contributed by atoms with Crippen molar-refractivity contribution in [3.63, 3.8) is 0 Å². The Hall–Kier alpha value is -0.370. The molecule has 1 saturated heterocycles. The lowest BCUT2D eigenvalue weighted by Crippen LogP contribution is -2.34. The number of carbonyl (C=O) groups excluding carboxylic acids is 1. The van der Waals surface area contributed by atoms with Crippen LogP contribution in [0.3, 0.4) is 0 Å². The average Bonchev–Trinajstić information content (AvgIpc) is 2.10. The molecule has 0 spiro atoms. The summed E-state index contributed by atoms with van der Waals surface area (Å²) in [4.78, 5) is 10.1. The Morgan fingerprint density at radius 1 is 1.50 bits per heavy atom. The van der Waals surface area contributed by atoms with Crippen molar-refractivity contribution in [3.05, 3.63) is 0 Å². The molecule has 0 radical (unpaired) electrons. The fourth-order valence-corrected chi connectivity index (χ4v) is 0.995. The van der Waals surface area contributed by atoms with Crippen LogP contribution in [0.2, 0.25) is 0 Å². The Bertz CT molecular complexity index is 82.2. The molecule has 0 aliphatic carbocycles. The van der Waals surface area contributed by atoms with Crippen LogP contribution in [0.1, 0.15) is 34.5 Å². The highest BCUT2D eigenvalue weighted by molar-refractivity contribution is 5.57. The van der Waals surface area contributed by atoms with Gasteiger partial charge in [-0.25, -0.2) is 0 Å². The van der Waals surface area contributed by atoms with Crippen LogP contribution in [0.5, 0.6) is 0 Å². The van der Waals surface area contributed by atoms with Gasteiger partial charge in [0, 0.05) is 1.43 Å². The van der Waals surface area contributed by atoms with Crippen LogP contribution in [0.15, 0.2) is 0 Å². The van der Waals surface area contributed by atoms with E-state index in [-0.39, 0.29) is 7.47 Å². The van der Waals surface area contributed by atoms with E-state index in [1.807, 2.05) is 13.8 Å². The first-order chi connectivity index (χ1) is 4.93. The molecule has 1 N–H and O–H groups in total. The van der Waals surface area contributed by atoms with E-state index in [4.69, 9.17) is 0 Å². The van der Waals surface area contributed by atoms with Crippen LogP contribution in [-0.2, 0) is 4.79 Å². The van der Waals surface area contributed by atoms with Gasteiger partial charge in [0.1, 0.15) is 6.29 Å². The maximum Gasteiger partial charge on any atom is 0.136 e. The van der Waals surface area contributed by atoms with Crippen molar-refractivity contribution in [2.45, 2.75) is 39.2 Å². The fourth-order valence-electron chi connectivity index (χ4n) is 0.995. The zero-order valence-electron chi connectivity index (χ0n) is 6.89. The fraction of sp³-hybridized carbons (Fsp3) is 0.875. The number of piperidine rings is 1. The molecule has 1 heterocycles. The molecule has 1 unspecified atom stereocenters. The van der Waals surface area contributed by atoms with E-state index in [0.29, 0.717) is 0 Å². The molecule has 0 aromatic heterocycles. The van der Waals surface area contributed by atoms with Crippen LogP contribution in [0.25, 0.3) is 0 Å². The molecular formula is C8H19NO. The van der Waals surface area contributed by atoms with E-state index in [1.54, 1.807) is 0 Å². The zero-order valence-corrected chi connectivity index (χ0v) is 6.89. The van der Waals surface area contributed by atoms with Crippen molar-refractivity contribution in [2.75, 3.05) is 6.54 Å². The molecule has 0 aromatic rings. The van der Waals surface area contributed by atoms with E-state index < -0.39 is 0 Å². The van der Waals surface area contributed by atoms with Gasteiger partial charge >= 0.3 is 0 Å². The molecule has 2 heteroatoms. The number of carbonyl (C=O) groups is 1. The molecule has 1 rings (SSSR count). The highest BCUT2D eigenvalue weighted by Crippen LogP contribution is 2.03. The first kappa shape index (κ1) is 9.63. The van der Waals surface area contributed by atoms with Gasteiger partial charge in [-0.3, -0.25) is 0 Å². The number of nitrogens with one attached hydrogen (secondary N) is 1. The van der Waals surface area contributed by atoms with Crippen molar-refractivity contribution in [1.82, 2.24) is 5.32 Å². The van der Waals surface area contributed by atoms with Gasteiger partial charge in [-0.2, -0.15) is 0 Å². The molecule has 62 valence electrons. The summed E-state index contributed by atoms with van der Waals surface area (Å²) in [6.45, 7) is 5.02. The molecular weight excluding hydrogens is 126 g/mol. The van der Waals surface area contributed by atoms with Gasteiger partial charge in [-0.15, -0.1) is 0 Å². The first-order valence-corrected chi connectivity index (χ1v) is 4.12. The van der Waals surface area contributed by atoms with Crippen molar-refractivity contribution in [3.8, 4) is 0 Å². The van der Waals surface area contributed by atoms with Gasteiger partial charge in [0.05, 0.1) is 6.04 Å². The monoisotopic (exact) mass is 145 g/mol. The van der Waals surface area contributed by atoms with Crippen molar-refractivity contribution < 1.29 is 6.22 Å². The Morgan fingerprint density at radius 3 is 2.50 bits per heavy atom. The molecule has 10 heavy (non-hydrogen) atoms. The summed E-state index contributed by atoms with van der Waals surface area (Å²) in [5, 5.41) is 3.10. The molecule has 0 saturated carbocycles. The lowest BCUT2D eigenvalue weighted by atomic mass is 10.1. The third kappa shape index (κ3) is 3.62. The summed E-state index contributed by atoms with van der Waals surface area (Å²) in [5.74, 6) is 0. The summed E-state index contributed by atoms with van der Waals surface area (Å²) in [7, 11) is 0. The largest absolute Gasteiger partial charge is 0.308 e. The Morgan fingerprint density at radius 2 is 2.20 bits per heavy atom. The van der Waals surface area contributed by atoms with Crippen LogP contribution in [-0.4, -0.2) is 18.9 Å². The second-order valence-corrected chi connectivity index (χ2v) is 2.19. The summed E-state index contributed by atoms with van der Waals surface area (Å²) in [6, 6.07) is 0.156. The van der Waals surface area contributed by atoms with E-state index in [2.05, 4.69) is 5.32 Å². The second-order valence-electron chi connectivity index (χ2n) is 2.19. The summed E-state index contributed by atoms with van der Waals surface area (Å²) in [5.41, 5.74) is 0. The zero-order chi connectivity index (χ0) is 7.82. The summed E-state index contributed by atoms with van der Waals surface area (Å²) >= 11 is 0. The first-order valence-electron chi connectivity index (χ1n) is 4.12. The molecule has 1 aliphatic rings. The molecule has 1 aliphatic heterocycles. The lowest BCUT2D eigenvalue weighted by molar-refractivity contribution is -0.110. The molecule has 1 fully saturated rings. The van der Waals surface area contributed by atoms with Gasteiger partial charge in [0.2, 0.25) is 0 Å². The van der Waals surface area contributed by atoms with Gasteiger partial charge < -0.3 is 10.1 Å². The minimum atomic E-state index is 0. The number of hydrogen-bond acceptors (Lipinski definition) is 2. The normalized spacial score (nSPS) is 24.4. The standard InChI is InChI=1S/C6H11NO.C2H6.H2/c8-5-6-3-1-2-4-7-6;1-2;/h5-7H,1-4H2;1-2H3;1H. The summed E-state index contributed by atoms with van der Waals surface area (Å²) in [6.07, 6.45) is 4.46. The molecule has 0 bridgehead atoms. The van der Waals surface area contributed by atoms with Crippen LogP contribution < -0.4 is 5.32 Å². The highest BCUT2D eigenvalue weighted by atomic mass is 16.1. The van der Waals surface area contributed by atoms with Crippen LogP contribution in [0.4, 0.5) is 0 Å². The second kappa shape index (κ2) is 6.75. The SMILES string of the molecule is CC.O=CC1CCCCN1.[HH]. The quantitative estimate of drug-likeness (QED) is 0.568. The molecule has 1 atom stereocenters. The Balaban J connectivity index is 0. The van der Waals surface area contributed by atoms with Gasteiger partial charge in [-0.1, -0.05) is 20.3 Å². The van der Waals surface area contributed by atoms with E-state index in [1.165, 1.54) is 12.8 Å². The highest BCUT2D eigenvalue weighted by Gasteiger charge is 2.09. The van der Waals surface area contributed by atoms with E-state index >= 15 is 0 Å². The third-order valence-electron chi connectivity index (χ3n) is 1.51. The maximum atomic E-state index is 10.1.